The summed E-state index contributed by atoms with van der Waals surface area (Å²) in [5.41, 5.74) is 0.760. The summed E-state index contributed by atoms with van der Waals surface area (Å²) in [6.45, 7) is 5.12. The highest BCUT2D eigenvalue weighted by molar-refractivity contribution is 7.90. The normalized spacial score (nSPS) is 19.9. The zero-order valence-corrected chi connectivity index (χ0v) is 22.1. The number of hydrogen-bond donors (Lipinski definition) is 1. The average Bonchev–Trinajstić information content (AvgIpc) is 3.38. The van der Waals surface area contributed by atoms with E-state index < -0.39 is 21.3 Å². The first-order valence-corrected chi connectivity index (χ1v) is 14.6. The Morgan fingerprint density at radius 2 is 1.81 bits per heavy atom. The summed E-state index contributed by atoms with van der Waals surface area (Å²) in [4.78, 5) is 19.6. The number of rotatable bonds is 9. The Hall–Kier alpha value is -2.33. The van der Waals surface area contributed by atoms with Gasteiger partial charge in [0.2, 0.25) is 15.9 Å². The Kier molecular flexibility index (Phi) is 8.44. The standard InChI is InChI=1S/C26H38FN5O3S/c1-20(2)36(34,35)30-24(16-21-8-10-23(27)11-9-21)25(33)31-14-12-26(13-15-31,17-32-19-28-18-29-32)22-6-4-3-5-7-22/h8-11,18-20,22,24,30H,3-7,12-17H2,1-2H3. The van der Waals surface area contributed by atoms with Crippen LogP contribution in [0.25, 0.3) is 0 Å². The first-order valence-electron chi connectivity index (χ1n) is 13.1. The summed E-state index contributed by atoms with van der Waals surface area (Å²) in [5.74, 6) is -0.00411. The van der Waals surface area contributed by atoms with Crippen LogP contribution < -0.4 is 4.72 Å². The van der Waals surface area contributed by atoms with E-state index in [-0.39, 0.29) is 23.6 Å². The maximum absolute atomic E-state index is 13.7. The molecular weight excluding hydrogens is 481 g/mol. The van der Waals surface area contributed by atoms with Crippen molar-refractivity contribution >= 4 is 15.9 Å². The highest BCUT2D eigenvalue weighted by Gasteiger charge is 2.44. The summed E-state index contributed by atoms with van der Waals surface area (Å²) in [5, 5.41) is 3.70. The predicted octanol–water partition coefficient (Wildman–Crippen LogP) is 3.55. The number of likely N-dealkylation sites (tertiary alicyclic amines) is 1. The van der Waals surface area contributed by atoms with Gasteiger partial charge in [0.05, 0.1) is 5.25 Å². The largest absolute Gasteiger partial charge is 0.341 e. The van der Waals surface area contributed by atoms with E-state index in [9.17, 15) is 17.6 Å². The van der Waals surface area contributed by atoms with Crippen LogP contribution in [0.4, 0.5) is 4.39 Å². The second-order valence-electron chi connectivity index (χ2n) is 10.7. The first-order chi connectivity index (χ1) is 17.2. The molecule has 2 aromatic rings. The van der Waals surface area contributed by atoms with Crippen LogP contribution in [0.2, 0.25) is 0 Å². The fraction of sp³-hybridized carbons (Fsp3) is 0.654. The molecule has 1 N–H and O–H groups in total. The highest BCUT2D eigenvalue weighted by atomic mass is 32.2. The lowest BCUT2D eigenvalue weighted by atomic mass is 9.63. The zero-order valence-electron chi connectivity index (χ0n) is 21.3. The van der Waals surface area contributed by atoms with Gasteiger partial charge in [-0.1, -0.05) is 31.4 Å². The van der Waals surface area contributed by atoms with Crippen molar-refractivity contribution in [3.63, 3.8) is 0 Å². The number of carbonyl (C=O) groups is 1. The van der Waals surface area contributed by atoms with Crippen molar-refractivity contribution in [2.45, 2.75) is 83.1 Å². The minimum absolute atomic E-state index is 0.0504. The third-order valence-electron chi connectivity index (χ3n) is 8.06. The molecule has 4 rings (SSSR count). The monoisotopic (exact) mass is 519 g/mol. The number of benzene rings is 1. The molecule has 2 heterocycles. The predicted molar refractivity (Wildman–Crippen MR) is 136 cm³/mol. The van der Waals surface area contributed by atoms with Gasteiger partial charge in [0.1, 0.15) is 24.5 Å². The number of hydrogen-bond acceptors (Lipinski definition) is 5. The molecule has 36 heavy (non-hydrogen) atoms. The smallest absolute Gasteiger partial charge is 0.241 e. The maximum atomic E-state index is 13.7. The van der Waals surface area contributed by atoms with E-state index in [1.165, 1.54) is 44.2 Å². The van der Waals surface area contributed by atoms with E-state index in [0.717, 1.165) is 19.4 Å². The number of carbonyl (C=O) groups excluding carboxylic acids is 1. The third kappa shape index (κ3) is 6.32. The molecule has 1 aliphatic carbocycles. The number of nitrogens with one attached hydrogen (secondary N) is 1. The number of aromatic nitrogens is 3. The van der Waals surface area contributed by atoms with Crippen LogP contribution in [0.15, 0.2) is 36.9 Å². The third-order valence-corrected chi connectivity index (χ3v) is 9.92. The SMILES string of the molecule is CC(C)S(=O)(=O)NC(Cc1ccc(F)cc1)C(=O)N1CCC(Cn2cncn2)(C2CCCCC2)CC1. The molecule has 8 nitrogen and oxygen atoms in total. The van der Waals surface area contributed by atoms with Crippen LogP contribution in [0, 0.1) is 17.2 Å². The van der Waals surface area contributed by atoms with Crippen molar-refractivity contribution in [3.05, 3.63) is 48.3 Å². The lowest BCUT2D eigenvalue weighted by Gasteiger charge is -2.48. The molecule has 1 aromatic heterocycles. The van der Waals surface area contributed by atoms with Crippen molar-refractivity contribution in [1.82, 2.24) is 24.4 Å². The minimum atomic E-state index is -3.67. The van der Waals surface area contributed by atoms with Crippen molar-refractivity contribution in [2.24, 2.45) is 11.3 Å². The van der Waals surface area contributed by atoms with Gasteiger partial charge in [0.15, 0.2) is 0 Å². The van der Waals surface area contributed by atoms with Gasteiger partial charge in [-0.25, -0.2) is 22.5 Å². The molecule has 1 unspecified atom stereocenters. The van der Waals surface area contributed by atoms with Gasteiger partial charge in [-0.2, -0.15) is 5.10 Å². The molecule has 2 aliphatic rings. The summed E-state index contributed by atoms with van der Waals surface area (Å²) >= 11 is 0. The highest BCUT2D eigenvalue weighted by Crippen LogP contribution is 2.47. The Bertz CT molecular complexity index is 1090. The Balaban J connectivity index is 1.51. The zero-order chi connectivity index (χ0) is 25.8. The van der Waals surface area contributed by atoms with Crippen molar-refractivity contribution in [1.29, 1.82) is 0 Å². The second kappa shape index (κ2) is 11.4. The molecule has 1 saturated carbocycles. The van der Waals surface area contributed by atoms with Gasteiger partial charge in [0, 0.05) is 19.6 Å². The molecule has 0 bridgehead atoms. The maximum Gasteiger partial charge on any atom is 0.241 e. The average molecular weight is 520 g/mol. The van der Waals surface area contributed by atoms with E-state index in [1.54, 1.807) is 43.5 Å². The molecule has 198 valence electrons. The number of sulfonamides is 1. The molecule has 2 fully saturated rings. The van der Waals surface area contributed by atoms with E-state index >= 15 is 0 Å². The van der Waals surface area contributed by atoms with Crippen molar-refractivity contribution in [3.8, 4) is 0 Å². The van der Waals surface area contributed by atoms with Crippen molar-refractivity contribution < 1.29 is 17.6 Å². The summed E-state index contributed by atoms with van der Waals surface area (Å²) in [6, 6.07) is 4.93. The van der Waals surface area contributed by atoms with Crippen LogP contribution in [0.1, 0.15) is 64.4 Å². The number of amides is 1. The quantitative estimate of drug-likeness (QED) is 0.547. The lowest BCUT2D eigenvalue weighted by molar-refractivity contribution is -0.136. The Labute approximate surface area is 213 Å². The van der Waals surface area contributed by atoms with Gasteiger partial charge < -0.3 is 4.90 Å². The second-order valence-corrected chi connectivity index (χ2v) is 13.0. The van der Waals surface area contributed by atoms with Gasteiger partial charge in [-0.15, -0.1) is 0 Å². The fourth-order valence-electron chi connectivity index (χ4n) is 5.81. The van der Waals surface area contributed by atoms with Crippen molar-refractivity contribution in [2.75, 3.05) is 13.1 Å². The molecule has 0 spiro atoms. The van der Waals surface area contributed by atoms with Gasteiger partial charge in [0.25, 0.3) is 0 Å². The first kappa shape index (κ1) is 26.7. The van der Waals surface area contributed by atoms with E-state index in [2.05, 4.69) is 14.8 Å². The molecule has 0 radical (unpaired) electrons. The summed E-state index contributed by atoms with van der Waals surface area (Å²) < 4.78 is 43.4. The summed E-state index contributed by atoms with van der Waals surface area (Å²) in [7, 11) is -3.67. The molecule has 1 aromatic carbocycles. The molecular formula is C26H38FN5O3S. The van der Waals surface area contributed by atoms with Crippen LogP contribution in [-0.4, -0.2) is 58.4 Å². The molecule has 1 aliphatic heterocycles. The van der Waals surface area contributed by atoms with E-state index in [0.29, 0.717) is 24.6 Å². The van der Waals surface area contributed by atoms with Crippen LogP contribution in [0.3, 0.4) is 0 Å². The van der Waals surface area contributed by atoms with E-state index in [4.69, 9.17) is 0 Å². The molecule has 1 atom stereocenters. The van der Waals surface area contributed by atoms with Gasteiger partial charge in [-0.05, 0) is 75.0 Å². The number of halogens is 1. The van der Waals surface area contributed by atoms with Crippen LogP contribution in [0.5, 0.6) is 0 Å². The number of nitrogens with zero attached hydrogens (tertiary/aromatic N) is 4. The fourth-order valence-corrected chi connectivity index (χ4v) is 6.66. The molecule has 1 saturated heterocycles. The molecule has 1 amide bonds. The van der Waals surface area contributed by atoms with Gasteiger partial charge in [-0.3, -0.25) is 9.48 Å². The Morgan fingerprint density at radius 1 is 1.14 bits per heavy atom. The summed E-state index contributed by atoms with van der Waals surface area (Å²) in [6.07, 6.45) is 11.4. The van der Waals surface area contributed by atoms with Crippen LogP contribution >= 0.6 is 0 Å². The van der Waals surface area contributed by atoms with Gasteiger partial charge >= 0.3 is 0 Å². The van der Waals surface area contributed by atoms with Crippen LogP contribution in [-0.2, 0) is 27.8 Å². The topological polar surface area (TPSA) is 97.2 Å². The Morgan fingerprint density at radius 3 is 2.39 bits per heavy atom. The number of piperidine rings is 1. The molecule has 10 heteroatoms. The van der Waals surface area contributed by atoms with E-state index in [1.807, 2.05) is 4.68 Å². The minimum Gasteiger partial charge on any atom is -0.341 e. The lowest BCUT2D eigenvalue weighted by Crippen LogP contribution is -2.55.